The van der Waals surface area contributed by atoms with Crippen LogP contribution in [0.4, 0.5) is 0 Å². The third-order valence-electron chi connectivity index (χ3n) is 3.27. The van der Waals surface area contributed by atoms with Crippen molar-refractivity contribution < 1.29 is 14.7 Å². The molecule has 4 nitrogen and oxygen atoms in total. The van der Waals surface area contributed by atoms with Crippen molar-refractivity contribution in [1.82, 2.24) is 0 Å². The van der Waals surface area contributed by atoms with E-state index in [1.807, 2.05) is 43.5 Å². The number of thiophene rings is 1. The first-order valence-electron chi connectivity index (χ1n) is 6.42. The molecule has 2 heterocycles. The molecule has 0 aliphatic carbocycles. The number of hydrogen-bond donors (Lipinski definition) is 1. The van der Waals surface area contributed by atoms with Crippen LogP contribution in [0.15, 0.2) is 40.4 Å². The lowest BCUT2D eigenvalue weighted by Gasteiger charge is -2.05. The van der Waals surface area contributed by atoms with E-state index in [1.165, 1.54) is 11.3 Å². The summed E-state index contributed by atoms with van der Waals surface area (Å²) in [5.74, 6) is -0.180. The Morgan fingerprint density at radius 3 is 2.62 bits per heavy atom. The molecule has 1 N–H and O–H groups in total. The van der Waals surface area contributed by atoms with E-state index in [2.05, 4.69) is 5.16 Å². The minimum absolute atomic E-state index is 0.276. The molecule has 0 bridgehead atoms. The highest BCUT2D eigenvalue weighted by Crippen LogP contribution is 2.27. The molecule has 0 atom stereocenters. The summed E-state index contributed by atoms with van der Waals surface area (Å²) in [4.78, 5) is 17.6. The highest BCUT2D eigenvalue weighted by atomic mass is 32.1. The van der Waals surface area contributed by atoms with E-state index in [4.69, 9.17) is 4.84 Å². The number of hydrogen-bond acceptors (Lipinski definition) is 5. The SMILES string of the molecule is Cc1cc(/C=C2\C(=O)ON=C2c2cccs2)cc(C)c1O. The average molecular weight is 299 g/mol. The zero-order chi connectivity index (χ0) is 15.0. The van der Waals surface area contributed by atoms with Gasteiger partial charge in [0.05, 0.1) is 10.5 Å². The van der Waals surface area contributed by atoms with Crippen LogP contribution in [0.25, 0.3) is 6.08 Å². The fraction of sp³-hybridized carbons (Fsp3) is 0.125. The molecule has 1 aromatic carbocycles. The van der Waals surface area contributed by atoms with Gasteiger partial charge in [0.2, 0.25) is 0 Å². The number of rotatable bonds is 2. The van der Waals surface area contributed by atoms with Gasteiger partial charge in [0.1, 0.15) is 11.5 Å². The van der Waals surface area contributed by atoms with E-state index in [-0.39, 0.29) is 5.75 Å². The van der Waals surface area contributed by atoms with E-state index in [0.717, 1.165) is 21.6 Å². The van der Waals surface area contributed by atoms with Crippen molar-refractivity contribution in [3.05, 3.63) is 56.8 Å². The van der Waals surface area contributed by atoms with Gasteiger partial charge in [-0.15, -0.1) is 11.3 Å². The summed E-state index contributed by atoms with van der Waals surface area (Å²) in [7, 11) is 0. The maximum atomic E-state index is 11.9. The Labute approximate surface area is 126 Å². The lowest BCUT2D eigenvalue weighted by atomic mass is 10.0. The van der Waals surface area contributed by atoms with Gasteiger partial charge in [-0.2, -0.15) is 0 Å². The van der Waals surface area contributed by atoms with Gasteiger partial charge in [-0.25, -0.2) is 4.79 Å². The van der Waals surface area contributed by atoms with Crippen molar-refractivity contribution in [2.75, 3.05) is 0 Å². The molecule has 2 aromatic rings. The summed E-state index contributed by atoms with van der Waals surface area (Å²) in [6, 6.07) is 7.45. The minimum Gasteiger partial charge on any atom is -0.507 e. The summed E-state index contributed by atoms with van der Waals surface area (Å²) < 4.78 is 0. The molecule has 3 rings (SSSR count). The largest absolute Gasteiger partial charge is 0.507 e. The first kappa shape index (κ1) is 13.6. The number of aryl methyl sites for hydroxylation is 2. The zero-order valence-corrected chi connectivity index (χ0v) is 12.4. The monoisotopic (exact) mass is 299 g/mol. The molecule has 5 heteroatoms. The molecule has 1 aromatic heterocycles. The van der Waals surface area contributed by atoms with Gasteiger partial charge in [0.15, 0.2) is 0 Å². The molecule has 0 fully saturated rings. The molecule has 0 spiro atoms. The van der Waals surface area contributed by atoms with Crippen LogP contribution in [-0.2, 0) is 9.63 Å². The van der Waals surface area contributed by atoms with Gasteiger partial charge in [0.25, 0.3) is 0 Å². The van der Waals surface area contributed by atoms with Gasteiger partial charge in [-0.3, -0.25) is 0 Å². The van der Waals surface area contributed by atoms with E-state index in [9.17, 15) is 9.90 Å². The standard InChI is InChI=1S/C16H13NO3S/c1-9-6-11(7-10(2)15(9)18)8-12-14(17-20-16(12)19)13-4-3-5-21-13/h3-8,18H,1-2H3/b12-8-. The third kappa shape index (κ3) is 2.48. The number of phenolic OH excluding ortho intramolecular Hbond substituents is 1. The van der Waals surface area contributed by atoms with Crippen molar-refractivity contribution in [1.29, 1.82) is 0 Å². The molecule has 106 valence electrons. The second kappa shape index (κ2) is 5.18. The van der Waals surface area contributed by atoms with Crippen LogP contribution in [0, 0.1) is 13.8 Å². The Morgan fingerprint density at radius 2 is 2.00 bits per heavy atom. The predicted octanol–water partition coefficient (Wildman–Crippen LogP) is 3.42. The second-order valence-electron chi connectivity index (χ2n) is 4.86. The topological polar surface area (TPSA) is 58.9 Å². The van der Waals surface area contributed by atoms with Crippen molar-refractivity contribution in [2.45, 2.75) is 13.8 Å². The van der Waals surface area contributed by atoms with Crippen LogP contribution in [0.1, 0.15) is 21.6 Å². The highest BCUT2D eigenvalue weighted by molar-refractivity contribution is 7.12. The number of aromatic hydroxyl groups is 1. The van der Waals surface area contributed by atoms with Crippen molar-refractivity contribution >= 4 is 29.1 Å². The molecule has 0 saturated carbocycles. The number of phenols is 1. The molecule has 0 radical (unpaired) electrons. The van der Waals surface area contributed by atoms with Gasteiger partial charge < -0.3 is 9.94 Å². The summed E-state index contributed by atoms with van der Waals surface area (Å²) in [5, 5.41) is 15.6. The predicted molar refractivity (Wildman–Crippen MR) is 82.5 cm³/mol. The van der Waals surface area contributed by atoms with Crippen molar-refractivity contribution in [3.8, 4) is 5.75 Å². The summed E-state index contributed by atoms with van der Waals surface area (Å²) in [6.07, 6.45) is 1.74. The number of oxime groups is 1. The molecular weight excluding hydrogens is 286 g/mol. The molecule has 0 saturated heterocycles. The summed E-state index contributed by atoms with van der Waals surface area (Å²) >= 11 is 1.50. The van der Waals surface area contributed by atoms with Crippen LogP contribution in [0.5, 0.6) is 5.75 Å². The molecule has 1 aliphatic heterocycles. The Kier molecular flexibility index (Phi) is 3.35. The van der Waals surface area contributed by atoms with Gasteiger partial charge >= 0.3 is 5.97 Å². The number of nitrogens with zero attached hydrogens (tertiary/aromatic N) is 1. The third-order valence-corrected chi connectivity index (χ3v) is 4.15. The van der Waals surface area contributed by atoms with Gasteiger partial charge in [-0.1, -0.05) is 11.2 Å². The van der Waals surface area contributed by atoms with Crippen LogP contribution in [0.3, 0.4) is 0 Å². The van der Waals surface area contributed by atoms with Crippen molar-refractivity contribution in [3.63, 3.8) is 0 Å². The number of benzene rings is 1. The lowest BCUT2D eigenvalue weighted by Crippen LogP contribution is -2.05. The van der Waals surface area contributed by atoms with E-state index >= 15 is 0 Å². The summed E-state index contributed by atoms with van der Waals surface area (Å²) in [5.41, 5.74) is 3.35. The van der Waals surface area contributed by atoms with Crippen molar-refractivity contribution in [2.24, 2.45) is 5.16 Å². The average Bonchev–Trinajstić information content (AvgIpc) is 3.07. The van der Waals surface area contributed by atoms with E-state index in [0.29, 0.717) is 11.3 Å². The number of carbonyl (C=O) groups is 1. The van der Waals surface area contributed by atoms with Crippen LogP contribution in [-0.4, -0.2) is 16.8 Å². The fourth-order valence-electron chi connectivity index (χ4n) is 2.24. The first-order valence-corrected chi connectivity index (χ1v) is 7.29. The normalized spacial score (nSPS) is 16.2. The minimum atomic E-state index is -0.457. The van der Waals surface area contributed by atoms with Crippen LogP contribution in [0.2, 0.25) is 0 Å². The second-order valence-corrected chi connectivity index (χ2v) is 5.80. The molecule has 21 heavy (non-hydrogen) atoms. The van der Waals surface area contributed by atoms with Crippen LogP contribution >= 0.6 is 11.3 Å². The smallest absolute Gasteiger partial charge is 0.368 e. The summed E-state index contributed by atoms with van der Waals surface area (Å²) in [6.45, 7) is 3.65. The Hall–Kier alpha value is -2.40. The van der Waals surface area contributed by atoms with Gasteiger partial charge in [-0.05, 0) is 60.2 Å². The Bertz CT molecular complexity index is 750. The van der Waals surface area contributed by atoms with E-state index < -0.39 is 5.97 Å². The first-order chi connectivity index (χ1) is 10.1. The number of carbonyl (C=O) groups excluding carboxylic acids is 1. The van der Waals surface area contributed by atoms with E-state index in [1.54, 1.807) is 6.08 Å². The quantitative estimate of drug-likeness (QED) is 0.683. The Morgan fingerprint density at radius 1 is 1.29 bits per heavy atom. The molecular formula is C16H13NO3S. The molecule has 0 amide bonds. The maximum absolute atomic E-state index is 11.9. The van der Waals surface area contributed by atoms with Crippen LogP contribution < -0.4 is 0 Å². The van der Waals surface area contributed by atoms with Gasteiger partial charge in [0, 0.05) is 0 Å². The highest BCUT2D eigenvalue weighted by Gasteiger charge is 2.27. The Balaban J connectivity index is 2.05. The molecule has 1 aliphatic rings. The zero-order valence-electron chi connectivity index (χ0n) is 11.6. The lowest BCUT2D eigenvalue weighted by molar-refractivity contribution is -0.136. The fourth-order valence-corrected chi connectivity index (χ4v) is 2.96. The molecule has 0 unspecified atom stereocenters. The maximum Gasteiger partial charge on any atom is 0.368 e.